The number of aromatic nitrogens is 2. The van der Waals surface area contributed by atoms with E-state index in [9.17, 15) is 4.79 Å². The zero-order valence-corrected chi connectivity index (χ0v) is 17.7. The SMILES string of the molecule is CCc1nccc(CN2CCN(C)C3(CCN(C(=O)C(C)(C)C)CC3)C2)n1. The van der Waals surface area contributed by atoms with Gasteiger partial charge in [-0.15, -0.1) is 0 Å². The van der Waals surface area contributed by atoms with Gasteiger partial charge < -0.3 is 4.90 Å². The van der Waals surface area contributed by atoms with Crippen LogP contribution in [0, 0.1) is 5.41 Å². The quantitative estimate of drug-likeness (QED) is 0.813. The Bertz CT molecular complexity index is 661. The van der Waals surface area contributed by atoms with Crippen LogP contribution in [0.2, 0.25) is 0 Å². The Morgan fingerprint density at radius 2 is 1.89 bits per heavy atom. The molecular formula is C21H35N5O. The average Bonchev–Trinajstić information content (AvgIpc) is 2.64. The lowest BCUT2D eigenvalue weighted by molar-refractivity contribution is -0.143. The van der Waals surface area contributed by atoms with E-state index < -0.39 is 0 Å². The third-order valence-electron chi connectivity index (χ3n) is 6.17. The van der Waals surface area contributed by atoms with Crippen LogP contribution in [0.1, 0.15) is 52.1 Å². The molecule has 2 fully saturated rings. The second-order valence-corrected chi connectivity index (χ2v) is 9.22. The van der Waals surface area contributed by atoms with E-state index in [0.29, 0.717) is 0 Å². The highest BCUT2D eigenvalue weighted by molar-refractivity contribution is 5.81. The molecule has 0 unspecified atom stereocenters. The van der Waals surface area contributed by atoms with Crippen LogP contribution in [-0.2, 0) is 17.8 Å². The maximum atomic E-state index is 12.6. The number of aryl methyl sites for hydroxylation is 1. The van der Waals surface area contributed by atoms with Crippen LogP contribution < -0.4 is 0 Å². The predicted octanol–water partition coefficient (Wildman–Crippen LogP) is 2.19. The highest BCUT2D eigenvalue weighted by Crippen LogP contribution is 2.33. The monoisotopic (exact) mass is 373 g/mol. The number of likely N-dealkylation sites (tertiary alicyclic amines) is 1. The highest BCUT2D eigenvalue weighted by atomic mass is 16.2. The molecule has 0 atom stereocenters. The number of amides is 1. The minimum Gasteiger partial charge on any atom is -0.342 e. The summed E-state index contributed by atoms with van der Waals surface area (Å²) in [5, 5.41) is 0. The van der Waals surface area contributed by atoms with Crippen molar-refractivity contribution >= 4 is 5.91 Å². The van der Waals surface area contributed by atoms with Gasteiger partial charge in [0, 0.05) is 62.8 Å². The van der Waals surface area contributed by atoms with Gasteiger partial charge in [0.1, 0.15) is 5.82 Å². The molecule has 1 aromatic rings. The Kier molecular flexibility index (Phi) is 5.87. The number of piperazine rings is 1. The summed E-state index contributed by atoms with van der Waals surface area (Å²) in [6.07, 6.45) is 4.85. The zero-order valence-electron chi connectivity index (χ0n) is 17.7. The molecule has 0 radical (unpaired) electrons. The molecule has 1 aromatic heterocycles. The van der Waals surface area contributed by atoms with Crippen LogP contribution in [0.5, 0.6) is 0 Å². The molecule has 1 amide bonds. The Hall–Kier alpha value is -1.53. The molecule has 0 aromatic carbocycles. The fraction of sp³-hybridized carbons (Fsp3) is 0.762. The largest absolute Gasteiger partial charge is 0.342 e. The predicted molar refractivity (Wildman–Crippen MR) is 107 cm³/mol. The number of nitrogens with zero attached hydrogens (tertiary/aromatic N) is 5. The van der Waals surface area contributed by atoms with Crippen LogP contribution >= 0.6 is 0 Å². The van der Waals surface area contributed by atoms with Crippen molar-refractivity contribution in [1.29, 1.82) is 0 Å². The van der Waals surface area contributed by atoms with Gasteiger partial charge in [0.05, 0.1) is 5.69 Å². The molecule has 150 valence electrons. The normalized spacial score (nSPS) is 21.6. The van der Waals surface area contributed by atoms with Crippen molar-refractivity contribution in [2.45, 2.75) is 59.0 Å². The van der Waals surface area contributed by atoms with Gasteiger partial charge in [0.2, 0.25) is 5.91 Å². The first kappa shape index (κ1) is 20.2. The van der Waals surface area contributed by atoms with Crippen molar-refractivity contribution in [3.63, 3.8) is 0 Å². The summed E-state index contributed by atoms with van der Waals surface area (Å²) in [7, 11) is 2.25. The summed E-state index contributed by atoms with van der Waals surface area (Å²) in [6.45, 7) is 13.9. The standard InChI is InChI=1S/C21H35N5O/c1-6-18-22-10-7-17(23-18)15-25-14-13-24(5)21(16-25)8-11-26(12-9-21)19(27)20(2,3)4/h7,10H,6,8-9,11-16H2,1-5H3. The fourth-order valence-electron chi connectivity index (χ4n) is 4.35. The molecule has 27 heavy (non-hydrogen) atoms. The van der Waals surface area contributed by atoms with Gasteiger partial charge in [-0.05, 0) is 26.0 Å². The van der Waals surface area contributed by atoms with Crippen molar-refractivity contribution in [2.75, 3.05) is 39.8 Å². The van der Waals surface area contributed by atoms with E-state index in [0.717, 1.165) is 70.0 Å². The fourth-order valence-corrected chi connectivity index (χ4v) is 4.35. The first-order chi connectivity index (χ1) is 12.7. The summed E-state index contributed by atoms with van der Waals surface area (Å²) in [6, 6.07) is 2.04. The second kappa shape index (κ2) is 7.84. The molecule has 2 aliphatic heterocycles. The van der Waals surface area contributed by atoms with Crippen molar-refractivity contribution in [3.8, 4) is 0 Å². The van der Waals surface area contributed by atoms with E-state index in [2.05, 4.69) is 38.6 Å². The topological polar surface area (TPSA) is 52.6 Å². The first-order valence-electron chi connectivity index (χ1n) is 10.3. The lowest BCUT2D eigenvalue weighted by Gasteiger charge is -2.53. The van der Waals surface area contributed by atoms with E-state index in [1.165, 1.54) is 0 Å². The lowest BCUT2D eigenvalue weighted by Crippen LogP contribution is -2.64. The maximum absolute atomic E-state index is 12.6. The number of hydrogen-bond donors (Lipinski definition) is 0. The minimum absolute atomic E-state index is 0.174. The Labute approximate surface area is 164 Å². The van der Waals surface area contributed by atoms with E-state index in [1.54, 1.807) is 0 Å². The molecule has 0 bridgehead atoms. The number of carbonyl (C=O) groups is 1. The third-order valence-corrected chi connectivity index (χ3v) is 6.17. The van der Waals surface area contributed by atoms with Crippen LogP contribution in [0.25, 0.3) is 0 Å². The van der Waals surface area contributed by atoms with Crippen molar-refractivity contribution < 1.29 is 4.79 Å². The summed E-state index contributed by atoms with van der Waals surface area (Å²) < 4.78 is 0. The van der Waals surface area contributed by atoms with Gasteiger partial charge in [0.25, 0.3) is 0 Å². The molecular weight excluding hydrogens is 338 g/mol. The van der Waals surface area contributed by atoms with E-state index >= 15 is 0 Å². The van der Waals surface area contributed by atoms with Crippen molar-refractivity contribution in [3.05, 3.63) is 23.8 Å². The molecule has 2 saturated heterocycles. The zero-order chi connectivity index (χ0) is 19.7. The van der Waals surface area contributed by atoms with Gasteiger partial charge >= 0.3 is 0 Å². The van der Waals surface area contributed by atoms with Gasteiger partial charge in [-0.1, -0.05) is 27.7 Å². The number of carbonyl (C=O) groups excluding carboxylic acids is 1. The molecule has 6 nitrogen and oxygen atoms in total. The molecule has 6 heteroatoms. The molecule has 1 spiro atoms. The average molecular weight is 374 g/mol. The van der Waals surface area contributed by atoms with Crippen LogP contribution in [0.15, 0.2) is 12.3 Å². The Morgan fingerprint density at radius 1 is 1.19 bits per heavy atom. The van der Waals surface area contributed by atoms with Gasteiger partial charge in [-0.3, -0.25) is 14.6 Å². The highest BCUT2D eigenvalue weighted by Gasteiger charge is 2.43. The van der Waals surface area contributed by atoms with Crippen molar-refractivity contribution in [1.82, 2.24) is 24.7 Å². The second-order valence-electron chi connectivity index (χ2n) is 9.22. The van der Waals surface area contributed by atoms with Crippen LogP contribution in [-0.4, -0.2) is 75.9 Å². The summed E-state index contributed by atoms with van der Waals surface area (Å²) >= 11 is 0. The summed E-state index contributed by atoms with van der Waals surface area (Å²) in [4.78, 5) is 28.7. The molecule has 3 heterocycles. The van der Waals surface area contributed by atoms with Gasteiger partial charge in [-0.25, -0.2) is 9.97 Å². The van der Waals surface area contributed by atoms with Crippen molar-refractivity contribution in [2.24, 2.45) is 5.41 Å². The van der Waals surface area contributed by atoms with E-state index in [-0.39, 0.29) is 16.9 Å². The smallest absolute Gasteiger partial charge is 0.227 e. The number of likely N-dealkylation sites (N-methyl/N-ethyl adjacent to an activating group) is 1. The number of piperidine rings is 1. The third kappa shape index (κ3) is 4.49. The maximum Gasteiger partial charge on any atom is 0.227 e. The van der Waals surface area contributed by atoms with Gasteiger partial charge in [-0.2, -0.15) is 0 Å². The number of rotatable bonds is 3. The number of hydrogen-bond acceptors (Lipinski definition) is 5. The van der Waals surface area contributed by atoms with Crippen LogP contribution in [0.3, 0.4) is 0 Å². The van der Waals surface area contributed by atoms with Crippen LogP contribution in [0.4, 0.5) is 0 Å². The first-order valence-corrected chi connectivity index (χ1v) is 10.3. The minimum atomic E-state index is -0.293. The molecule has 0 aliphatic carbocycles. The molecule has 0 N–H and O–H groups in total. The molecule has 3 rings (SSSR count). The molecule has 0 saturated carbocycles. The summed E-state index contributed by atoms with van der Waals surface area (Å²) in [5.41, 5.74) is 0.994. The summed E-state index contributed by atoms with van der Waals surface area (Å²) in [5.74, 6) is 1.20. The molecule has 2 aliphatic rings. The Balaban J connectivity index is 1.64. The van der Waals surface area contributed by atoms with E-state index in [1.807, 2.05) is 33.0 Å². The lowest BCUT2D eigenvalue weighted by atomic mass is 9.82. The Morgan fingerprint density at radius 3 is 2.52 bits per heavy atom. The van der Waals surface area contributed by atoms with E-state index in [4.69, 9.17) is 0 Å². The van der Waals surface area contributed by atoms with Gasteiger partial charge in [0.15, 0.2) is 0 Å².